The lowest BCUT2D eigenvalue weighted by Crippen LogP contribution is -2.47. The van der Waals surface area contributed by atoms with E-state index in [1.165, 1.54) is 12.4 Å². The van der Waals surface area contributed by atoms with Gasteiger partial charge in [-0.15, -0.1) is 0 Å². The highest BCUT2D eigenvalue weighted by Crippen LogP contribution is 2.21. The van der Waals surface area contributed by atoms with Gasteiger partial charge in [-0.1, -0.05) is 6.07 Å². The lowest BCUT2D eigenvalue weighted by Gasteiger charge is -2.34. The van der Waals surface area contributed by atoms with Gasteiger partial charge in [-0.25, -0.2) is 14.4 Å². The number of para-hydroxylation sites is 1. The van der Waals surface area contributed by atoms with Crippen molar-refractivity contribution in [3.63, 3.8) is 0 Å². The average molecular weight is 333 g/mol. The van der Waals surface area contributed by atoms with E-state index in [1.807, 2.05) is 6.07 Å². The van der Waals surface area contributed by atoms with Gasteiger partial charge in [-0.05, 0) is 25.1 Å². The molecule has 0 aliphatic carbocycles. The molecule has 0 radical (unpaired) electrons. The summed E-state index contributed by atoms with van der Waals surface area (Å²) in [7, 11) is 0. The van der Waals surface area contributed by atoms with Crippen molar-refractivity contribution < 1.29 is 9.50 Å². The summed E-state index contributed by atoms with van der Waals surface area (Å²) in [6.45, 7) is 6.94. The topological polar surface area (TPSA) is 64.5 Å². The van der Waals surface area contributed by atoms with E-state index in [2.05, 4.69) is 25.1 Å². The monoisotopic (exact) mass is 333 g/mol. The maximum Gasteiger partial charge on any atom is 0.149 e. The third-order valence-electron chi connectivity index (χ3n) is 4.44. The van der Waals surface area contributed by atoms with E-state index >= 15 is 0 Å². The third kappa shape index (κ3) is 4.17. The number of nitrogens with zero attached hydrogens (tertiary/aromatic N) is 4. The second-order valence-electron chi connectivity index (χ2n) is 6.05. The standard InChI is InChI=1S/C17H24FN5O/c18-15-4-1-3-14-16(15)20-13-21-17(14)19-5-2-6-22-7-9-23(10-8-22)11-12-24/h1,3-4,13,24H,2,5-12H2,(H,19,20,21). The van der Waals surface area contributed by atoms with Crippen molar-refractivity contribution in [2.24, 2.45) is 0 Å². The Labute approximate surface area is 141 Å². The number of rotatable bonds is 7. The Morgan fingerprint density at radius 1 is 1.08 bits per heavy atom. The molecule has 1 fully saturated rings. The summed E-state index contributed by atoms with van der Waals surface area (Å²) in [5, 5.41) is 13.0. The molecule has 0 atom stereocenters. The predicted octanol–water partition coefficient (Wildman–Crippen LogP) is 1.18. The molecule has 6 nitrogen and oxygen atoms in total. The fourth-order valence-corrected chi connectivity index (χ4v) is 3.08. The summed E-state index contributed by atoms with van der Waals surface area (Å²) in [5.41, 5.74) is 0.356. The first-order chi connectivity index (χ1) is 11.8. The van der Waals surface area contributed by atoms with E-state index in [1.54, 1.807) is 6.07 Å². The molecule has 0 spiro atoms. The van der Waals surface area contributed by atoms with Crippen LogP contribution in [0.1, 0.15) is 6.42 Å². The number of benzene rings is 1. The summed E-state index contributed by atoms with van der Waals surface area (Å²) in [6, 6.07) is 4.93. The molecule has 2 aromatic rings. The molecule has 2 N–H and O–H groups in total. The van der Waals surface area contributed by atoms with Crippen LogP contribution in [0.2, 0.25) is 0 Å². The number of piperazine rings is 1. The van der Waals surface area contributed by atoms with Gasteiger partial charge in [0, 0.05) is 44.7 Å². The predicted molar refractivity (Wildman–Crippen MR) is 92.6 cm³/mol. The zero-order chi connectivity index (χ0) is 16.8. The van der Waals surface area contributed by atoms with Gasteiger partial charge in [0.25, 0.3) is 0 Å². The number of aliphatic hydroxyl groups is 1. The molecule has 130 valence electrons. The number of anilines is 1. The molecule has 0 bridgehead atoms. The van der Waals surface area contributed by atoms with E-state index in [9.17, 15) is 4.39 Å². The molecule has 1 aromatic heterocycles. The molecule has 1 aliphatic heterocycles. The van der Waals surface area contributed by atoms with Crippen molar-refractivity contribution in [1.29, 1.82) is 0 Å². The van der Waals surface area contributed by atoms with Crippen molar-refractivity contribution in [2.45, 2.75) is 6.42 Å². The molecule has 3 rings (SSSR count). The first-order valence-electron chi connectivity index (χ1n) is 8.46. The molecule has 1 aromatic carbocycles. The van der Waals surface area contributed by atoms with Crippen LogP contribution in [0.15, 0.2) is 24.5 Å². The van der Waals surface area contributed by atoms with Crippen molar-refractivity contribution >= 4 is 16.7 Å². The number of fused-ring (bicyclic) bond motifs is 1. The van der Waals surface area contributed by atoms with Gasteiger partial charge in [0.05, 0.1) is 6.61 Å². The second-order valence-corrected chi connectivity index (χ2v) is 6.05. The Balaban J connectivity index is 1.45. The van der Waals surface area contributed by atoms with E-state index in [0.717, 1.165) is 57.6 Å². The number of hydrogen-bond donors (Lipinski definition) is 2. The number of nitrogens with one attached hydrogen (secondary N) is 1. The molecule has 7 heteroatoms. The largest absolute Gasteiger partial charge is 0.395 e. The minimum atomic E-state index is -0.321. The van der Waals surface area contributed by atoms with E-state index < -0.39 is 0 Å². The van der Waals surface area contributed by atoms with Gasteiger partial charge in [0.1, 0.15) is 23.5 Å². The van der Waals surface area contributed by atoms with Crippen LogP contribution in [0, 0.1) is 5.82 Å². The molecular formula is C17H24FN5O. The molecule has 0 saturated carbocycles. The molecular weight excluding hydrogens is 309 g/mol. The fraction of sp³-hybridized carbons (Fsp3) is 0.529. The van der Waals surface area contributed by atoms with Gasteiger partial charge in [-0.3, -0.25) is 4.90 Å². The van der Waals surface area contributed by atoms with Crippen LogP contribution >= 0.6 is 0 Å². The minimum absolute atomic E-state index is 0.234. The van der Waals surface area contributed by atoms with Gasteiger partial charge >= 0.3 is 0 Å². The molecule has 24 heavy (non-hydrogen) atoms. The highest BCUT2D eigenvalue weighted by molar-refractivity contribution is 5.89. The normalized spacial score (nSPS) is 16.6. The van der Waals surface area contributed by atoms with Crippen LogP contribution in [0.5, 0.6) is 0 Å². The minimum Gasteiger partial charge on any atom is -0.395 e. The number of aliphatic hydroxyl groups excluding tert-OH is 1. The molecule has 0 unspecified atom stereocenters. The maximum absolute atomic E-state index is 13.7. The summed E-state index contributed by atoms with van der Waals surface area (Å²) >= 11 is 0. The lowest BCUT2D eigenvalue weighted by atomic mass is 10.2. The van der Waals surface area contributed by atoms with Crippen LogP contribution in [0.3, 0.4) is 0 Å². The fourth-order valence-electron chi connectivity index (χ4n) is 3.08. The quantitative estimate of drug-likeness (QED) is 0.742. The van der Waals surface area contributed by atoms with Crippen molar-refractivity contribution in [3.05, 3.63) is 30.3 Å². The Kier molecular flexibility index (Phi) is 5.90. The number of halogens is 1. The van der Waals surface area contributed by atoms with Crippen LogP contribution in [-0.4, -0.2) is 77.3 Å². The van der Waals surface area contributed by atoms with Gasteiger partial charge in [0.15, 0.2) is 0 Å². The SMILES string of the molecule is OCCN1CCN(CCCNc2ncnc3c(F)cccc23)CC1. The van der Waals surface area contributed by atoms with Crippen LogP contribution < -0.4 is 5.32 Å². The molecule has 0 amide bonds. The molecule has 2 heterocycles. The van der Waals surface area contributed by atoms with Gasteiger partial charge in [-0.2, -0.15) is 0 Å². The van der Waals surface area contributed by atoms with E-state index in [0.29, 0.717) is 11.3 Å². The van der Waals surface area contributed by atoms with Crippen molar-refractivity contribution in [2.75, 3.05) is 57.7 Å². The van der Waals surface area contributed by atoms with E-state index in [-0.39, 0.29) is 12.4 Å². The second kappa shape index (κ2) is 8.32. The number of β-amino-alcohol motifs (C(OH)–C–C–N with tert-alkyl or cyclic N) is 1. The van der Waals surface area contributed by atoms with E-state index in [4.69, 9.17) is 5.11 Å². The van der Waals surface area contributed by atoms with Crippen molar-refractivity contribution in [1.82, 2.24) is 19.8 Å². The zero-order valence-electron chi connectivity index (χ0n) is 13.8. The number of hydrogen-bond acceptors (Lipinski definition) is 6. The summed E-state index contributed by atoms with van der Waals surface area (Å²) in [6.07, 6.45) is 2.40. The van der Waals surface area contributed by atoms with Gasteiger partial charge in [0.2, 0.25) is 0 Å². The van der Waals surface area contributed by atoms with Crippen molar-refractivity contribution in [3.8, 4) is 0 Å². The summed E-state index contributed by atoms with van der Waals surface area (Å²) in [4.78, 5) is 13.0. The first-order valence-corrected chi connectivity index (χ1v) is 8.46. The Morgan fingerprint density at radius 2 is 1.83 bits per heavy atom. The van der Waals surface area contributed by atoms with Crippen LogP contribution in [0.4, 0.5) is 10.2 Å². The maximum atomic E-state index is 13.7. The third-order valence-corrected chi connectivity index (χ3v) is 4.44. The molecule has 1 aliphatic rings. The summed E-state index contributed by atoms with van der Waals surface area (Å²) in [5.74, 6) is 0.367. The highest BCUT2D eigenvalue weighted by Gasteiger charge is 2.15. The Morgan fingerprint density at radius 3 is 2.58 bits per heavy atom. The smallest absolute Gasteiger partial charge is 0.149 e. The Hall–Kier alpha value is -1.83. The molecule has 1 saturated heterocycles. The van der Waals surface area contributed by atoms with Gasteiger partial charge < -0.3 is 15.3 Å². The lowest BCUT2D eigenvalue weighted by molar-refractivity contribution is 0.112. The summed E-state index contributed by atoms with van der Waals surface area (Å²) < 4.78 is 13.7. The first kappa shape index (κ1) is 17.0. The van der Waals surface area contributed by atoms with Crippen LogP contribution in [0.25, 0.3) is 10.9 Å². The highest BCUT2D eigenvalue weighted by atomic mass is 19.1. The Bertz CT molecular complexity index is 660. The average Bonchev–Trinajstić information content (AvgIpc) is 2.61. The zero-order valence-corrected chi connectivity index (χ0v) is 13.8. The number of aromatic nitrogens is 2. The van der Waals surface area contributed by atoms with Crippen LogP contribution in [-0.2, 0) is 0 Å².